The van der Waals surface area contributed by atoms with Crippen molar-refractivity contribution in [3.63, 3.8) is 0 Å². The van der Waals surface area contributed by atoms with Crippen LogP contribution in [0.5, 0.6) is 5.75 Å². The Balaban J connectivity index is 3.13. The monoisotopic (exact) mass is 221 g/mol. The molecule has 0 aliphatic carbocycles. The number of aromatic hydroxyl groups is 1. The fourth-order valence-electron chi connectivity index (χ4n) is 2.19. The molecule has 16 heavy (non-hydrogen) atoms. The van der Waals surface area contributed by atoms with Crippen molar-refractivity contribution in [2.24, 2.45) is 0 Å². The first-order chi connectivity index (χ1) is 7.41. The second kappa shape index (κ2) is 4.88. The number of benzene rings is 1. The predicted octanol–water partition coefficient (Wildman–Crippen LogP) is 3.23. The molecule has 0 bridgehead atoms. The van der Waals surface area contributed by atoms with E-state index in [1.807, 2.05) is 18.2 Å². The summed E-state index contributed by atoms with van der Waals surface area (Å²) in [6.07, 6.45) is 1.02. The van der Waals surface area contributed by atoms with Gasteiger partial charge in [0, 0.05) is 11.5 Å². The van der Waals surface area contributed by atoms with Crippen LogP contribution in [0.25, 0.3) is 0 Å². The van der Waals surface area contributed by atoms with E-state index in [4.69, 9.17) is 0 Å². The maximum Gasteiger partial charge on any atom is 0.119 e. The Labute approximate surface area is 98.9 Å². The second-order valence-electron chi connectivity index (χ2n) is 5.07. The number of para-hydroxylation sites is 1. The second-order valence-corrected chi connectivity index (χ2v) is 5.07. The predicted molar refractivity (Wildman–Crippen MR) is 68.9 cm³/mol. The lowest BCUT2D eigenvalue weighted by Gasteiger charge is -2.40. The Morgan fingerprint density at radius 3 is 2.25 bits per heavy atom. The molecule has 1 unspecified atom stereocenters. The van der Waals surface area contributed by atoms with Crippen LogP contribution < -0.4 is 0 Å². The minimum atomic E-state index is 0.0353. The molecule has 2 nitrogen and oxygen atoms in total. The Morgan fingerprint density at radius 2 is 1.81 bits per heavy atom. The lowest BCUT2D eigenvalue weighted by atomic mass is 9.79. The highest BCUT2D eigenvalue weighted by Gasteiger charge is 2.32. The van der Waals surface area contributed by atoms with Crippen molar-refractivity contribution in [2.75, 3.05) is 14.1 Å². The third-order valence-corrected chi connectivity index (χ3v) is 3.73. The van der Waals surface area contributed by atoms with Gasteiger partial charge >= 0.3 is 0 Å². The summed E-state index contributed by atoms with van der Waals surface area (Å²) in [5.41, 5.74) is 1.08. The van der Waals surface area contributed by atoms with Crippen molar-refractivity contribution in [1.82, 2.24) is 4.90 Å². The molecule has 90 valence electrons. The number of phenolic OH excluding ortho intramolecular Hbond substituents is 1. The van der Waals surface area contributed by atoms with Crippen molar-refractivity contribution >= 4 is 0 Å². The van der Waals surface area contributed by atoms with E-state index >= 15 is 0 Å². The number of hydrogen-bond acceptors (Lipinski definition) is 2. The van der Waals surface area contributed by atoms with Crippen LogP contribution in [-0.4, -0.2) is 29.6 Å². The zero-order valence-electron chi connectivity index (χ0n) is 11.0. The molecule has 1 aromatic rings. The molecule has 0 aliphatic heterocycles. The minimum absolute atomic E-state index is 0.0353. The molecule has 1 aromatic carbocycles. The first kappa shape index (κ1) is 13.0. The molecule has 0 radical (unpaired) electrons. The number of hydrogen-bond donors (Lipinski definition) is 1. The Kier molecular flexibility index (Phi) is 3.98. The van der Waals surface area contributed by atoms with E-state index in [9.17, 15) is 5.11 Å². The van der Waals surface area contributed by atoms with Crippen molar-refractivity contribution in [3.8, 4) is 5.75 Å². The summed E-state index contributed by atoms with van der Waals surface area (Å²) in [7, 11) is 4.17. The van der Waals surface area contributed by atoms with E-state index in [1.54, 1.807) is 6.07 Å². The zero-order chi connectivity index (χ0) is 12.3. The Hall–Kier alpha value is -1.02. The summed E-state index contributed by atoms with van der Waals surface area (Å²) in [5, 5.41) is 9.94. The van der Waals surface area contributed by atoms with Crippen LogP contribution in [0.4, 0.5) is 0 Å². The van der Waals surface area contributed by atoms with E-state index in [1.165, 1.54) is 0 Å². The lowest BCUT2D eigenvalue weighted by molar-refractivity contribution is 0.152. The molecule has 2 heteroatoms. The number of nitrogens with zero attached hydrogens (tertiary/aromatic N) is 1. The fourth-order valence-corrected chi connectivity index (χ4v) is 2.19. The molecule has 0 heterocycles. The van der Waals surface area contributed by atoms with Crippen LogP contribution in [0, 0.1) is 0 Å². The molecule has 0 saturated carbocycles. The third-order valence-electron chi connectivity index (χ3n) is 3.73. The van der Waals surface area contributed by atoms with Crippen LogP contribution in [0.1, 0.15) is 38.7 Å². The van der Waals surface area contributed by atoms with Crippen LogP contribution in [0.15, 0.2) is 24.3 Å². The van der Waals surface area contributed by atoms with E-state index in [0.29, 0.717) is 11.7 Å². The van der Waals surface area contributed by atoms with Crippen molar-refractivity contribution < 1.29 is 5.11 Å². The summed E-state index contributed by atoms with van der Waals surface area (Å²) < 4.78 is 0. The van der Waals surface area contributed by atoms with Crippen LogP contribution in [0.3, 0.4) is 0 Å². The normalized spacial score (nSPS) is 14.1. The molecule has 0 aliphatic rings. The van der Waals surface area contributed by atoms with E-state index in [-0.39, 0.29) is 5.54 Å². The summed E-state index contributed by atoms with van der Waals surface area (Å²) >= 11 is 0. The highest BCUT2D eigenvalue weighted by Crippen LogP contribution is 2.38. The van der Waals surface area contributed by atoms with Crippen LogP contribution >= 0.6 is 0 Å². The summed E-state index contributed by atoms with van der Waals surface area (Å²) in [6, 6.07) is 7.65. The van der Waals surface area contributed by atoms with E-state index in [2.05, 4.69) is 39.8 Å². The van der Waals surface area contributed by atoms with Crippen molar-refractivity contribution in [3.05, 3.63) is 29.8 Å². The summed E-state index contributed by atoms with van der Waals surface area (Å²) in [4.78, 5) is 2.22. The third kappa shape index (κ3) is 2.38. The number of likely N-dealkylation sites (N-methyl/N-ethyl adjacent to an activating group) is 1. The van der Waals surface area contributed by atoms with Gasteiger partial charge in [-0.05, 0) is 46.0 Å². The van der Waals surface area contributed by atoms with E-state index in [0.717, 1.165) is 12.0 Å². The average Bonchev–Trinajstić information content (AvgIpc) is 2.21. The van der Waals surface area contributed by atoms with E-state index < -0.39 is 0 Å². The van der Waals surface area contributed by atoms with Gasteiger partial charge in [-0.3, -0.25) is 0 Å². The highest BCUT2D eigenvalue weighted by atomic mass is 16.3. The number of phenols is 1. The van der Waals surface area contributed by atoms with Gasteiger partial charge in [-0.1, -0.05) is 25.1 Å². The van der Waals surface area contributed by atoms with Gasteiger partial charge in [0.1, 0.15) is 5.75 Å². The molecule has 0 amide bonds. The largest absolute Gasteiger partial charge is 0.508 e. The molecular formula is C14H23NO. The van der Waals surface area contributed by atoms with Crippen molar-refractivity contribution in [1.29, 1.82) is 0 Å². The molecule has 1 N–H and O–H groups in total. The molecule has 0 aromatic heterocycles. The Morgan fingerprint density at radius 1 is 1.25 bits per heavy atom. The first-order valence-corrected chi connectivity index (χ1v) is 5.86. The van der Waals surface area contributed by atoms with Gasteiger partial charge in [-0.2, -0.15) is 0 Å². The lowest BCUT2D eigenvalue weighted by Crippen LogP contribution is -2.43. The van der Waals surface area contributed by atoms with Gasteiger partial charge in [0.25, 0.3) is 0 Å². The van der Waals surface area contributed by atoms with Gasteiger partial charge in [0.2, 0.25) is 0 Å². The van der Waals surface area contributed by atoms with Crippen LogP contribution in [0.2, 0.25) is 0 Å². The fraction of sp³-hybridized carbons (Fsp3) is 0.571. The maximum atomic E-state index is 9.94. The minimum Gasteiger partial charge on any atom is -0.508 e. The molecular weight excluding hydrogens is 198 g/mol. The molecule has 1 atom stereocenters. The standard InChI is InChI=1S/C14H23NO/c1-6-12(14(2,3)15(4)5)11-9-7-8-10-13(11)16/h7-10,12,16H,6H2,1-5H3. The summed E-state index contributed by atoms with van der Waals surface area (Å²) in [5.74, 6) is 0.743. The van der Waals surface area contributed by atoms with Gasteiger partial charge in [0.05, 0.1) is 0 Å². The SMILES string of the molecule is CCC(c1ccccc1O)C(C)(C)N(C)C. The summed E-state index contributed by atoms with van der Waals surface area (Å²) in [6.45, 7) is 6.60. The average molecular weight is 221 g/mol. The Bertz CT molecular complexity index is 344. The van der Waals surface area contributed by atoms with Gasteiger partial charge < -0.3 is 10.0 Å². The maximum absolute atomic E-state index is 9.94. The molecule has 0 saturated heterocycles. The highest BCUT2D eigenvalue weighted by molar-refractivity contribution is 5.36. The smallest absolute Gasteiger partial charge is 0.119 e. The topological polar surface area (TPSA) is 23.5 Å². The van der Waals surface area contributed by atoms with Crippen molar-refractivity contribution in [2.45, 2.75) is 38.6 Å². The van der Waals surface area contributed by atoms with Gasteiger partial charge in [-0.25, -0.2) is 0 Å². The van der Waals surface area contributed by atoms with Gasteiger partial charge in [-0.15, -0.1) is 0 Å². The number of rotatable bonds is 4. The zero-order valence-corrected chi connectivity index (χ0v) is 11.0. The van der Waals surface area contributed by atoms with Gasteiger partial charge in [0.15, 0.2) is 0 Å². The first-order valence-electron chi connectivity index (χ1n) is 5.86. The van der Waals surface area contributed by atoms with Crippen LogP contribution in [-0.2, 0) is 0 Å². The molecule has 1 rings (SSSR count). The molecule has 0 spiro atoms. The quantitative estimate of drug-likeness (QED) is 0.843. The molecule has 0 fully saturated rings.